The lowest BCUT2D eigenvalue weighted by Gasteiger charge is -2.26. The number of hydrogen-bond acceptors (Lipinski definition) is 4. The molecule has 4 nitrogen and oxygen atoms in total. The summed E-state index contributed by atoms with van der Waals surface area (Å²) in [5.41, 5.74) is 0.417. The van der Waals surface area contributed by atoms with E-state index in [1.165, 1.54) is 10.4 Å². The van der Waals surface area contributed by atoms with Crippen LogP contribution in [0.5, 0.6) is 0 Å². The van der Waals surface area contributed by atoms with Gasteiger partial charge >= 0.3 is 0 Å². The molecule has 0 unspecified atom stereocenters. The molecule has 0 spiro atoms. The van der Waals surface area contributed by atoms with Crippen molar-refractivity contribution in [2.24, 2.45) is 0 Å². The molecular weight excluding hydrogens is 318 g/mol. The highest BCUT2D eigenvalue weighted by Crippen LogP contribution is 2.25. The Balaban J connectivity index is 2.38. The fourth-order valence-electron chi connectivity index (χ4n) is 2.10. The van der Waals surface area contributed by atoms with Gasteiger partial charge in [-0.25, -0.2) is 17.2 Å². The summed E-state index contributed by atoms with van der Waals surface area (Å²) in [7, 11) is -3.99. The average molecular weight is 336 g/mol. The standard InChI is InChI=1S/C13H18F2N2O2S2/c1-2-16-9-10-7-11(14)13(15)12(8-10)21(18,19)17-3-5-20-6-4-17/h7-8,16H,2-6,9H2,1H3. The largest absolute Gasteiger partial charge is 0.313 e. The van der Waals surface area contributed by atoms with Gasteiger partial charge in [0.1, 0.15) is 4.90 Å². The molecule has 118 valence electrons. The summed E-state index contributed by atoms with van der Waals surface area (Å²) >= 11 is 1.65. The van der Waals surface area contributed by atoms with Gasteiger partial charge in [0.2, 0.25) is 10.0 Å². The van der Waals surface area contributed by atoms with E-state index in [0.717, 1.165) is 6.07 Å². The molecule has 0 amide bonds. The second kappa shape index (κ2) is 7.04. The van der Waals surface area contributed by atoms with Crippen LogP contribution < -0.4 is 5.32 Å². The van der Waals surface area contributed by atoms with Crippen LogP contribution in [0.3, 0.4) is 0 Å². The minimum atomic E-state index is -3.99. The van der Waals surface area contributed by atoms with E-state index >= 15 is 0 Å². The van der Waals surface area contributed by atoms with Gasteiger partial charge in [-0.15, -0.1) is 0 Å². The van der Waals surface area contributed by atoms with Crippen molar-refractivity contribution in [2.45, 2.75) is 18.4 Å². The van der Waals surface area contributed by atoms with Crippen LogP contribution in [0.2, 0.25) is 0 Å². The maximum Gasteiger partial charge on any atom is 0.246 e. The van der Waals surface area contributed by atoms with Gasteiger partial charge < -0.3 is 5.32 Å². The lowest BCUT2D eigenvalue weighted by atomic mass is 10.2. The molecule has 1 saturated heterocycles. The van der Waals surface area contributed by atoms with Gasteiger partial charge in [0.15, 0.2) is 11.6 Å². The SMILES string of the molecule is CCNCc1cc(F)c(F)c(S(=O)(=O)N2CCSCC2)c1. The summed E-state index contributed by atoms with van der Waals surface area (Å²) in [5.74, 6) is -1.09. The number of nitrogens with zero attached hydrogens (tertiary/aromatic N) is 1. The van der Waals surface area contributed by atoms with Crippen LogP contribution in [0.4, 0.5) is 8.78 Å². The number of hydrogen-bond donors (Lipinski definition) is 1. The van der Waals surface area contributed by atoms with Gasteiger partial charge in [-0.1, -0.05) is 6.92 Å². The average Bonchev–Trinajstić information content (AvgIpc) is 2.49. The zero-order valence-electron chi connectivity index (χ0n) is 11.7. The Kier molecular flexibility index (Phi) is 5.59. The number of sulfonamides is 1. The molecule has 0 atom stereocenters. The normalized spacial score (nSPS) is 17.1. The van der Waals surface area contributed by atoms with Gasteiger partial charge in [0.05, 0.1) is 0 Å². The van der Waals surface area contributed by atoms with Gasteiger partial charge in [-0.3, -0.25) is 0 Å². The molecule has 0 radical (unpaired) electrons. The van der Waals surface area contributed by atoms with Crippen LogP contribution >= 0.6 is 11.8 Å². The zero-order valence-corrected chi connectivity index (χ0v) is 13.4. The van der Waals surface area contributed by atoms with Crippen LogP contribution in [0.1, 0.15) is 12.5 Å². The Morgan fingerprint density at radius 2 is 1.95 bits per heavy atom. The smallest absolute Gasteiger partial charge is 0.246 e. The summed E-state index contributed by atoms with van der Waals surface area (Å²) in [6, 6.07) is 2.25. The third kappa shape index (κ3) is 3.74. The van der Waals surface area contributed by atoms with E-state index in [1.54, 1.807) is 11.8 Å². The quantitative estimate of drug-likeness (QED) is 0.891. The van der Waals surface area contributed by atoms with Crippen molar-refractivity contribution in [2.75, 3.05) is 31.1 Å². The Labute approximate surface area is 128 Å². The van der Waals surface area contributed by atoms with Crippen LogP contribution in [0, 0.1) is 11.6 Å². The first kappa shape index (κ1) is 16.7. The van der Waals surface area contributed by atoms with Crippen molar-refractivity contribution in [3.8, 4) is 0 Å². The molecule has 1 heterocycles. The maximum absolute atomic E-state index is 13.9. The van der Waals surface area contributed by atoms with Gasteiger partial charge in [0.25, 0.3) is 0 Å². The summed E-state index contributed by atoms with van der Waals surface area (Å²) in [4.78, 5) is -0.567. The molecule has 0 bridgehead atoms. The zero-order chi connectivity index (χ0) is 15.5. The van der Waals surface area contributed by atoms with Gasteiger partial charge in [-0.2, -0.15) is 16.1 Å². The third-order valence-electron chi connectivity index (χ3n) is 3.22. The number of halogens is 2. The second-order valence-corrected chi connectivity index (χ2v) is 7.82. The molecule has 1 aromatic rings. The second-order valence-electron chi connectivity index (χ2n) is 4.69. The Bertz CT molecular complexity index is 602. The summed E-state index contributed by atoms with van der Waals surface area (Å²) < 4.78 is 53.8. The number of rotatable bonds is 5. The minimum Gasteiger partial charge on any atom is -0.313 e. The van der Waals surface area contributed by atoms with E-state index in [0.29, 0.717) is 43.2 Å². The predicted octanol–water partition coefficient (Wildman–Crippen LogP) is 1.81. The molecule has 8 heteroatoms. The Morgan fingerprint density at radius 1 is 1.29 bits per heavy atom. The molecule has 1 N–H and O–H groups in total. The molecule has 1 aliphatic heterocycles. The summed E-state index contributed by atoms with van der Waals surface area (Å²) in [5, 5.41) is 2.97. The molecule has 1 aromatic carbocycles. The van der Waals surface area contributed by atoms with Crippen molar-refractivity contribution in [3.05, 3.63) is 29.3 Å². The predicted molar refractivity (Wildman–Crippen MR) is 79.8 cm³/mol. The lowest BCUT2D eigenvalue weighted by Crippen LogP contribution is -2.38. The first-order valence-corrected chi connectivity index (χ1v) is 9.33. The molecule has 0 saturated carbocycles. The Morgan fingerprint density at radius 3 is 2.57 bits per heavy atom. The van der Waals surface area contributed by atoms with Crippen molar-refractivity contribution in [1.29, 1.82) is 0 Å². The highest BCUT2D eigenvalue weighted by molar-refractivity contribution is 7.99. The van der Waals surface area contributed by atoms with Crippen LogP contribution in [-0.2, 0) is 16.6 Å². The third-order valence-corrected chi connectivity index (χ3v) is 6.06. The van der Waals surface area contributed by atoms with E-state index in [-0.39, 0.29) is 0 Å². The van der Waals surface area contributed by atoms with E-state index in [2.05, 4.69) is 5.32 Å². The molecule has 1 aliphatic rings. The van der Waals surface area contributed by atoms with Crippen LogP contribution in [0.25, 0.3) is 0 Å². The fraction of sp³-hybridized carbons (Fsp3) is 0.538. The summed E-state index contributed by atoms with van der Waals surface area (Å²) in [6.45, 7) is 3.48. The number of nitrogens with one attached hydrogen (secondary N) is 1. The Hall–Kier alpha value is -0.700. The first-order valence-electron chi connectivity index (χ1n) is 6.73. The van der Waals surface area contributed by atoms with Gasteiger partial charge in [-0.05, 0) is 24.2 Å². The van der Waals surface area contributed by atoms with Gasteiger partial charge in [0, 0.05) is 31.1 Å². The molecule has 1 fully saturated rings. The van der Waals surface area contributed by atoms with Crippen molar-refractivity contribution in [3.63, 3.8) is 0 Å². The molecule has 2 rings (SSSR count). The topological polar surface area (TPSA) is 49.4 Å². The van der Waals surface area contributed by atoms with E-state index in [4.69, 9.17) is 0 Å². The van der Waals surface area contributed by atoms with Crippen LogP contribution in [0.15, 0.2) is 17.0 Å². The molecular formula is C13H18F2N2O2S2. The maximum atomic E-state index is 13.9. The molecule has 21 heavy (non-hydrogen) atoms. The highest BCUT2D eigenvalue weighted by Gasteiger charge is 2.30. The van der Waals surface area contributed by atoms with Crippen molar-refractivity contribution < 1.29 is 17.2 Å². The number of thioether (sulfide) groups is 1. The fourth-order valence-corrected chi connectivity index (χ4v) is 4.80. The summed E-state index contributed by atoms with van der Waals surface area (Å²) in [6.07, 6.45) is 0. The monoisotopic (exact) mass is 336 g/mol. The van der Waals surface area contributed by atoms with E-state index < -0.39 is 26.6 Å². The minimum absolute atomic E-state index is 0.298. The van der Waals surface area contributed by atoms with Crippen molar-refractivity contribution in [1.82, 2.24) is 9.62 Å². The highest BCUT2D eigenvalue weighted by atomic mass is 32.2. The molecule has 0 aliphatic carbocycles. The number of benzene rings is 1. The molecule has 0 aromatic heterocycles. The van der Waals surface area contributed by atoms with Crippen LogP contribution in [-0.4, -0.2) is 43.9 Å². The lowest BCUT2D eigenvalue weighted by molar-refractivity contribution is 0.430. The van der Waals surface area contributed by atoms with E-state index in [9.17, 15) is 17.2 Å². The van der Waals surface area contributed by atoms with E-state index in [1.807, 2.05) is 6.92 Å². The first-order chi connectivity index (χ1) is 9.96. The van der Waals surface area contributed by atoms with Crippen molar-refractivity contribution >= 4 is 21.8 Å².